The van der Waals surface area contributed by atoms with Gasteiger partial charge in [-0.05, 0) is 43.3 Å². The minimum absolute atomic E-state index is 0.0642. The number of aromatic nitrogens is 2. The zero-order chi connectivity index (χ0) is 18.7. The fourth-order valence-corrected chi connectivity index (χ4v) is 4.40. The van der Waals surface area contributed by atoms with E-state index < -0.39 is 0 Å². The molecule has 6 nitrogen and oxygen atoms in total. The van der Waals surface area contributed by atoms with Gasteiger partial charge in [-0.3, -0.25) is 4.79 Å². The molecule has 1 atom stereocenters. The van der Waals surface area contributed by atoms with E-state index in [2.05, 4.69) is 32.3 Å². The van der Waals surface area contributed by atoms with Crippen molar-refractivity contribution in [3.05, 3.63) is 54.1 Å². The van der Waals surface area contributed by atoms with Gasteiger partial charge in [0.2, 0.25) is 5.91 Å². The molecule has 27 heavy (non-hydrogen) atoms. The molecule has 0 saturated carbocycles. The van der Waals surface area contributed by atoms with Crippen LogP contribution in [0.2, 0.25) is 0 Å². The monoisotopic (exact) mass is 367 g/mol. The van der Waals surface area contributed by atoms with E-state index in [9.17, 15) is 4.79 Å². The summed E-state index contributed by atoms with van der Waals surface area (Å²) in [4.78, 5) is 19.3. The third-order valence-corrected chi connectivity index (χ3v) is 6.08. The van der Waals surface area contributed by atoms with Crippen LogP contribution in [0, 0.1) is 5.41 Å². The van der Waals surface area contributed by atoms with Gasteiger partial charge in [0.05, 0.1) is 12.6 Å². The van der Waals surface area contributed by atoms with Gasteiger partial charge in [0, 0.05) is 32.5 Å². The zero-order valence-corrected chi connectivity index (χ0v) is 16.0. The summed E-state index contributed by atoms with van der Waals surface area (Å²) in [6.45, 7) is 4.40. The summed E-state index contributed by atoms with van der Waals surface area (Å²) in [5.74, 6) is 1.10. The Hall–Kier alpha value is -2.18. The van der Waals surface area contributed by atoms with E-state index in [0.29, 0.717) is 12.0 Å². The Morgan fingerprint density at radius 3 is 2.85 bits per heavy atom. The maximum atomic E-state index is 13.0. The van der Waals surface area contributed by atoms with Gasteiger partial charge in [0.1, 0.15) is 5.82 Å². The number of benzene rings is 1. The SMILES string of the molecule is CN(Cc1nccn1Cc1ccccc1)C(=O)[C@H]1CC2(CCNCC2)CN1. The molecule has 144 valence electrons. The van der Waals surface area contributed by atoms with Gasteiger partial charge in [0.25, 0.3) is 0 Å². The lowest BCUT2D eigenvalue weighted by molar-refractivity contribution is -0.132. The predicted molar refractivity (Wildman–Crippen MR) is 105 cm³/mol. The van der Waals surface area contributed by atoms with Crippen molar-refractivity contribution < 1.29 is 4.79 Å². The molecule has 6 heteroatoms. The fourth-order valence-electron chi connectivity index (χ4n) is 4.40. The van der Waals surface area contributed by atoms with Gasteiger partial charge in [-0.15, -0.1) is 0 Å². The minimum atomic E-state index is -0.0642. The Labute approximate surface area is 161 Å². The number of carbonyl (C=O) groups is 1. The third-order valence-electron chi connectivity index (χ3n) is 6.08. The molecule has 0 unspecified atom stereocenters. The molecular weight excluding hydrogens is 338 g/mol. The number of hydrogen-bond donors (Lipinski definition) is 2. The van der Waals surface area contributed by atoms with E-state index in [-0.39, 0.29) is 11.9 Å². The summed E-state index contributed by atoms with van der Waals surface area (Å²) in [5.41, 5.74) is 1.54. The molecule has 2 aliphatic rings. The van der Waals surface area contributed by atoms with E-state index in [1.807, 2.05) is 42.5 Å². The lowest BCUT2D eigenvalue weighted by Gasteiger charge is -2.33. The van der Waals surface area contributed by atoms with Crippen molar-refractivity contribution in [3.8, 4) is 0 Å². The van der Waals surface area contributed by atoms with Crippen LogP contribution in [0.4, 0.5) is 0 Å². The summed E-state index contributed by atoms with van der Waals surface area (Å²) in [6.07, 6.45) is 7.08. The molecule has 0 aliphatic carbocycles. The maximum Gasteiger partial charge on any atom is 0.239 e. The Bertz CT molecular complexity index is 766. The van der Waals surface area contributed by atoms with Crippen molar-refractivity contribution in [3.63, 3.8) is 0 Å². The Morgan fingerprint density at radius 1 is 1.30 bits per heavy atom. The van der Waals surface area contributed by atoms with Gasteiger partial charge in [-0.25, -0.2) is 4.98 Å². The molecule has 1 amide bonds. The Morgan fingerprint density at radius 2 is 2.07 bits per heavy atom. The molecule has 3 heterocycles. The first-order chi connectivity index (χ1) is 13.2. The quantitative estimate of drug-likeness (QED) is 0.843. The van der Waals surface area contributed by atoms with Crippen molar-refractivity contribution in [1.82, 2.24) is 25.1 Å². The van der Waals surface area contributed by atoms with Crippen LogP contribution < -0.4 is 10.6 Å². The summed E-state index contributed by atoms with van der Waals surface area (Å²) in [5, 5.41) is 6.91. The average Bonchev–Trinajstić information content (AvgIpc) is 3.30. The molecule has 2 saturated heterocycles. The lowest BCUT2D eigenvalue weighted by atomic mass is 9.77. The molecular formula is C21H29N5O. The second-order valence-corrected chi connectivity index (χ2v) is 8.04. The molecule has 2 N–H and O–H groups in total. The van der Waals surface area contributed by atoms with Crippen LogP contribution in [0.15, 0.2) is 42.7 Å². The van der Waals surface area contributed by atoms with Crippen molar-refractivity contribution in [2.24, 2.45) is 5.41 Å². The van der Waals surface area contributed by atoms with Gasteiger partial charge in [-0.2, -0.15) is 0 Å². The smallest absolute Gasteiger partial charge is 0.239 e. The van der Waals surface area contributed by atoms with E-state index in [1.54, 1.807) is 0 Å². The van der Waals surface area contributed by atoms with Crippen LogP contribution >= 0.6 is 0 Å². The van der Waals surface area contributed by atoms with E-state index in [4.69, 9.17) is 0 Å². The number of piperidine rings is 1. The fraction of sp³-hybridized carbons (Fsp3) is 0.524. The normalized spacial score (nSPS) is 21.4. The summed E-state index contributed by atoms with van der Waals surface area (Å²) < 4.78 is 2.12. The highest BCUT2D eigenvalue weighted by Crippen LogP contribution is 2.37. The summed E-state index contributed by atoms with van der Waals surface area (Å²) >= 11 is 0. The number of hydrogen-bond acceptors (Lipinski definition) is 4. The highest BCUT2D eigenvalue weighted by Gasteiger charge is 2.42. The van der Waals surface area contributed by atoms with Gasteiger partial charge in [-0.1, -0.05) is 30.3 Å². The molecule has 0 radical (unpaired) electrons. The van der Waals surface area contributed by atoms with Crippen LogP contribution in [-0.2, 0) is 17.9 Å². The molecule has 2 fully saturated rings. The number of nitrogens with one attached hydrogen (secondary N) is 2. The largest absolute Gasteiger partial charge is 0.337 e. The van der Waals surface area contributed by atoms with Crippen molar-refractivity contribution in [2.75, 3.05) is 26.7 Å². The Kier molecular flexibility index (Phi) is 5.27. The number of likely N-dealkylation sites (N-methyl/N-ethyl adjacent to an activating group) is 1. The minimum Gasteiger partial charge on any atom is -0.337 e. The van der Waals surface area contributed by atoms with Crippen molar-refractivity contribution in [1.29, 1.82) is 0 Å². The first-order valence-corrected chi connectivity index (χ1v) is 9.88. The van der Waals surface area contributed by atoms with Crippen LogP contribution in [0.5, 0.6) is 0 Å². The number of imidazole rings is 1. The van der Waals surface area contributed by atoms with Crippen molar-refractivity contribution >= 4 is 5.91 Å². The van der Waals surface area contributed by atoms with Crippen LogP contribution in [0.25, 0.3) is 0 Å². The second kappa shape index (κ2) is 7.82. The molecule has 2 aromatic rings. The molecule has 1 aromatic carbocycles. The van der Waals surface area contributed by atoms with E-state index >= 15 is 0 Å². The number of nitrogens with zero attached hydrogens (tertiary/aromatic N) is 3. The van der Waals surface area contributed by atoms with Crippen molar-refractivity contribution in [2.45, 2.75) is 38.4 Å². The van der Waals surface area contributed by atoms with Crippen LogP contribution in [-0.4, -0.2) is 53.1 Å². The molecule has 1 spiro atoms. The number of rotatable bonds is 5. The van der Waals surface area contributed by atoms with Crippen LogP contribution in [0.3, 0.4) is 0 Å². The standard InChI is InChI=1S/C21H29N5O/c1-25(20(27)18-13-21(16-24-18)7-9-22-10-8-21)15-19-23-11-12-26(19)14-17-5-3-2-4-6-17/h2-6,11-12,18,22,24H,7-10,13-16H2,1H3/t18-/m1/s1. The number of carbonyl (C=O) groups excluding carboxylic acids is 1. The molecule has 4 rings (SSSR count). The Balaban J connectivity index is 1.37. The second-order valence-electron chi connectivity index (χ2n) is 8.04. The molecule has 2 aliphatic heterocycles. The first-order valence-electron chi connectivity index (χ1n) is 9.88. The molecule has 1 aromatic heterocycles. The predicted octanol–water partition coefficient (Wildman–Crippen LogP) is 1.62. The molecule has 0 bridgehead atoms. The topological polar surface area (TPSA) is 62.2 Å². The van der Waals surface area contributed by atoms with E-state index in [0.717, 1.165) is 51.3 Å². The zero-order valence-electron chi connectivity index (χ0n) is 16.0. The van der Waals surface area contributed by atoms with Crippen LogP contribution in [0.1, 0.15) is 30.7 Å². The lowest BCUT2D eigenvalue weighted by Crippen LogP contribution is -2.41. The highest BCUT2D eigenvalue weighted by molar-refractivity contribution is 5.82. The van der Waals surface area contributed by atoms with E-state index in [1.165, 1.54) is 5.56 Å². The van der Waals surface area contributed by atoms with Gasteiger partial charge in [0.15, 0.2) is 0 Å². The highest BCUT2D eigenvalue weighted by atomic mass is 16.2. The average molecular weight is 367 g/mol. The summed E-state index contributed by atoms with van der Waals surface area (Å²) in [6, 6.07) is 10.3. The third kappa shape index (κ3) is 4.06. The number of amides is 1. The maximum absolute atomic E-state index is 13.0. The first kappa shape index (κ1) is 18.2. The van der Waals surface area contributed by atoms with Gasteiger partial charge < -0.3 is 20.1 Å². The van der Waals surface area contributed by atoms with Gasteiger partial charge >= 0.3 is 0 Å². The summed E-state index contributed by atoms with van der Waals surface area (Å²) in [7, 11) is 1.89.